The van der Waals surface area contributed by atoms with Gasteiger partial charge in [-0.05, 0) is 50.0 Å². The van der Waals surface area contributed by atoms with E-state index in [-0.39, 0.29) is 0 Å². The third-order valence-electron chi connectivity index (χ3n) is 4.07. The second kappa shape index (κ2) is 6.80. The van der Waals surface area contributed by atoms with Crippen molar-refractivity contribution in [1.82, 2.24) is 4.90 Å². The highest BCUT2D eigenvalue weighted by Crippen LogP contribution is 2.29. The molecule has 1 aromatic rings. The van der Waals surface area contributed by atoms with Crippen LogP contribution in [-0.2, 0) is 6.42 Å². The molecule has 3 nitrogen and oxygen atoms in total. The van der Waals surface area contributed by atoms with E-state index >= 15 is 0 Å². The number of ether oxygens (including phenoxy) is 2. The Morgan fingerprint density at radius 3 is 2.63 bits per heavy atom. The predicted molar refractivity (Wildman–Crippen MR) is 78.1 cm³/mol. The molecule has 1 heterocycles. The van der Waals surface area contributed by atoms with Gasteiger partial charge in [0.15, 0.2) is 11.5 Å². The highest BCUT2D eigenvalue weighted by Gasteiger charge is 2.21. The van der Waals surface area contributed by atoms with Gasteiger partial charge < -0.3 is 14.4 Å². The average molecular weight is 263 g/mol. The molecule has 0 saturated carbocycles. The molecule has 0 bridgehead atoms. The number of likely N-dealkylation sites (tertiary alicyclic amines) is 1. The van der Waals surface area contributed by atoms with Gasteiger partial charge in [-0.15, -0.1) is 0 Å². The van der Waals surface area contributed by atoms with Crippen LogP contribution in [-0.4, -0.2) is 38.3 Å². The standard InChI is InChI=1S/C16H25NO2/c1-4-17-10-6-5-7-14(17)11-13-8-9-15(18-2)16(12-13)19-3/h8-9,12,14H,4-7,10-11H2,1-3H3. The molecule has 1 atom stereocenters. The van der Waals surface area contributed by atoms with Gasteiger partial charge in [-0.2, -0.15) is 0 Å². The van der Waals surface area contributed by atoms with Crippen LogP contribution in [0.25, 0.3) is 0 Å². The number of hydrogen-bond acceptors (Lipinski definition) is 3. The van der Waals surface area contributed by atoms with Crippen LogP contribution in [0.15, 0.2) is 18.2 Å². The summed E-state index contributed by atoms with van der Waals surface area (Å²) in [6.07, 6.45) is 5.11. The lowest BCUT2D eigenvalue weighted by Crippen LogP contribution is -2.40. The first-order valence-corrected chi connectivity index (χ1v) is 7.23. The van der Waals surface area contributed by atoms with Crippen molar-refractivity contribution >= 4 is 0 Å². The maximum absolute atomic E-state index is 5.38. The molecular weight excluding hydrogens is 238 g/mol. The zero-order chi connectivity index (χ0) is 13.7. The number of piperidine rings is 1. The van der Waals surface area contributed by atoms with Crippen LogP contribution < -0.4 is 9.47 Å². The first-order valence-electron chi connectivity index (χ1n) is 7.23. The van der Waals surface area contributed by atoms with Crippen molar-refractivity contribution in [2.45, 2.75) is 38.6 Å². The molecule has 0 spiro atoms. The number of hydrogen-bond donors (Lipinski definition) is 0. The summed E-state index contributed by atoms with van der Waals surface area (Å²) >= 11 is 0. The van der Waals surface area contributed by atoms with Crippen molar-refractivity contribution in [3.8, 4) is 11.5 Å². The van der Waals surface area contributed by atoms with Crippen molar-refractivity contribution in [2.24, 2.45) is 0 Å². The van der Waals surface area contributed by atoms with Crippen LogP contribution in [0.3, 0.4) is 0 Å². The highest BCUT2D eigenvalue weighted by molar-refractivity contribution is 5.43. The molecule has 0 amide bonds. The largest absolute Gasteiger partial charge is 0.493 e. The van der Waals surface area contributed by atoms with Gasteiger partial charge in [-0.25, -0.2) is 0 Å². The summed E-state index contributed by atoms with van der Waals surface area (Å²) in [5.41, 5.74) is 1.34. The van der Waals surface area contributed by atoms with E-state index in [1.54, 1.807) is 14.2 Å². The summed E-state index contributed by atoms with van der Waals surface area (Å²) in [5.74, 6) is 1.64. The molecule has 106 valence electrons. The number of nitrogens with zero attached hydrogens (tertiary/aromatic N) is 1. The van der Waals surface area contributed by atoms with Gasteiger partial charge in [0.25, 0.3) is 0 Å². The Morgan fingerprint density at radius 1 is 1.16 bits per heavy atom. The minimum absolute atomic E-state index is 0.678. The monoisotopic (exact) mass is 263 g/mol. The predicted octanol–water partition coefficient (Wildman–Crippen LogP) is 3.12. The summed E-state index contributed by atoms with van der Waals surface area (Å²) < 4.78 is 10.7. The molecular formula is C16H25NO2. The summed E-state index contributed by atoms with van der Waals surface area (Å²) in [6.45, 7) is 4.65. The molecule has 3 heteroatoms. The molecule has 0 aliphatic carbocycles. The molecule has 1 aliphatic heterocycles. The maximum Gasteiger partial charge on any atom is 0.160 e. The molecule has 0 N–H and O–H groups in total. The average Bonchev–Trinajstić information content (AvgIpc) is 2.47. The molecule has 0 aromatic heterocycles. The molecule has 1 saturated heterocycles. The summed E-state index contributed by atoms with van der Waals surface area (Å²) in [6, 6.07) is 6.95. The minimum atomic E-state index is 0.678. The molecule has 1 aliphatic rings. The van der Waals surface area contributed by atoms with Gasteiger partial charge in [0.05, 0.1) is 14.2 Å². The maximum atomic E-state index is 5.38. The molecule has 1 aromatic carbocycles. The zero-order valence-corrected chi connectivity index (χ0v) is 12.3. The van der Waals surface area contributed by atoms with Gasteiger partial charge in [-0.3, -0.25) is 0 Å². The first kappa shape index (κ1) is 14.2. The van der Waals surface area contributed by atoms with Crippen molar-refractivity contribution in [2.75, 3.05) is 27.3 Å². The minimum Gasteiger partial charge on any atom is -0.493 e. The van der Waals surface area contributed by atoms with Gasteiger partial charge in [0.1, 0.15) is 0 Å². The van der Waals surface area contributed by atoms with E-state index < -0.39 is 0 Å². The Morgan fingerprint density at radius 2 is 1.95 bits per heavy atom. The van der Waals surface area contributed by atoms with E-state index in [0.29, 0.717) is 6.04 Å². The Hall–Kier alpha value is -1.22. The number of methoxy groups -OCH3 is 2. The molecule has 1 unspecified atom stereocenters. The van der Waals surface area contributed by atoms with E-state index in [9.17, 15) is 0 Å². The molecule has 0 radical (unpaired) electrons. The normalized spacial score (nSPS) is 20.3. The smallest absolute Gasteiger partial charge is 0.160 e. The Bertz CT molecular complexity index is 406. The quantitative estimate of drug-likeness (QED) is 0.814. The van der Waals surface area contributed by atoms with Crippen LogP contribution in [0, 0.1) is 0 Å². The lowest BCUT2D eigenvalue weighted by Gasteiger charge is -2.35. The SMILES string of the molecule is CCN1CCCCC1Cc1ccc(OC)c(OC)c1. The zero-order valence-electron chi connectivity index (χ0n) is 12.3. The van der Waals surface area contributed by atoms with Crippen LogP contribution in [0.1, 0.15) is 31.7 Å². The van der Waals surface area contributed by atoms with E-state index in [4.69, 9.17) is 9.47 Å². The fraction of sp³-hybridized carbons (Fsp3) is 0.625. The molecule has 19 heavy (non-hydrogen) atoms. The topological polar surface area (TPSA) is 21.7 Å². The molecule has 2 rings (SSSR count). The second-order valence-electron chi connectivity index (χ2n) is 5.17. The lowest BCUT2D eigenvalue weighted by molar-refractivity contribution is 0.155. The van der Waals surface area contributed by atoms with E-state index in [1.165, 1.54) is 31.4 Å². The van der Waals surface area contributed by atoms with Crippen molar-refractivity contribution < 1.29 is 9.47 Å². The highest BCUT2D eigenvalue weighted by atomic mass is 16.5. The van der Waals surface area contributed by atoms with Crippen molar-refractivity contribution in [3.05, 3.63) is 23.8 Å². The van der Waals surface area contributed by atoms with E-state index in [2.05, 4.69) is 24.0 Å². The first-order chi connectivity index (χ1) is 9.28. The van der Waals surface area contributed by atoms with Crippen molar-refractivity contribution in [1.29, 1.82) is 0 Å². The lowest BCUT2D eigenvalue weighted by atomic mass is 9.95. The summed E-state index contributed by atoms with van der Waals surface area (Å²) in [5, 5.41) is 0. The Labute approximate surface area is 116 Å². The fourth-order valence-corrected chi connectivity index (χ4v) is 2.99. The van der Waals surface area contributed by atoms with Crippen molar-refractivity contribution in [3.63, 3.8) is 0 Å². The molecule has 1 fully saturated rings. The van der Waals surface area contributed by atoms with E-state index in [0.717, 1.165) is 24.5 Å². The second-order valence-corrected chi connectivity index (χ2v) is 5.17. The number of likely N-dealkylation sites (N-methyl/N-ethyl adjacent to an activating group) is 1. The Balaban J connectivity index is 2.09. The van der Waals surface area contributed by atoms with Crippen LogP contribution in [0.2, 0.25) is 0 Å². The van der Waals surface area contributed by atoms with E-state index in [1.807, 2.05) is 6.07 Å². The van der Waals surface area contributed by atoms with Gasteiger partial charge in [0, 0.05) is 6.04 Å². The van der Waals surface area contributed by atoms with Gasteiger partial charge >= 0.3 is 0 Å². The fourth-order valence-electron chi connectivity index (χ4n) is 2.99. The van der Waals surface area contributed by atoms with Gasteiger partial charge in [-0.1, -0.05) is 19.4 Å². The van der Waals surface area contributed by atoms with Crippen LogP contribution >= 0.6 is 0 Å². The summed E-state index contributed by atoms with van der Waals surface area (Å²) in [4.78, 5) is 2.60. The third kappa shape index (κ3) is 3.41. The summed E-state index contributed by atoms with van der Waals surface area (Å²) in [7, 11) is 3.37. The van der Waals surface area contributed by atoms with Crippen LogP contribution in [0.5, 0.6) is 11.5 Å². The van der Waals surface area contributed by atoms with Gasteiger partial charge in [0.2, 0.25) is 0 Å². The van der Waals surface area contributed by atoms with Crippen LogP contribution in [0.4, 0.5) is 0 Å². The number of rotatable bonds is 5. The third-order valence-corrected chi connectivity index (χ3v) is 4.07. The number of benzene rings is 1. The Kier molecular flexibility index (Phi) is 5.08.